The van der Waals surface area contributed by atoms with E-state index < -0.39 is 0 Å². The highest BCUT2D eigenvalue weighted by Crippen LogP contribution is 2.29. The van der Waals surface area contributed by atoms with Gasteiger partial charge < -0.3 is 20.2 Å². The van der Waals surface area contributed by atoms with Crippen LogP contribution in [0.5, 0.6) is 5.75 Å². The fraction of sp³-hybridized carbons (Fsp3) is 0.120. The molecule has 6 nitrogen and oxygen atoms in total. The molecule has 0 radical (unpaired) electrons. The Morgan fingerprint density at radius 2 is 1.71 bits per heavy atom. The molecule has 0 aliphatic carbocycles. The fourth-order valence-electron chi connectivity index (χ4n) is 3.53. The van der Waals surface area contributed by atoms with E-state index >= 15 is 0 Å². The summed E-state index contributed by atoms with van der Waals surface area (Å²) < 4.78 is 7.11. The van der Waals surface area contributed by atoms with Gasteiger partial charge in [0.25, 0.3) is 5.91 Å². The molecule has 2 heterocycles. The Balaban J connectivity index is 1.75. The number of nitrogen functional groups attached to an aromatic ring is 1. The fourth-order valence-corrected chi connectivity index (χ4v) is 3.53. The lowest BCUT2D eigenvalue weighted by Crippen LogP contribution is -2.14. The molecule has 0 unspecified atom stereocenters. The number of ketones is 1. The zero-order valence-corrected chi connectivity index (χ0v) is 17.4. The quantitative estimate of drug-likeness (QED) is 0.448. The van der Waals surface area contributed by atoms with Gasteiger partial charge in [-0.25, -0.2) is 0 Å². The largest absolute Gasteiger partial charge is 0.494 e. The molecular formula is C25H23N3O3. The van der Waals surface area contributed by atoms with Crippen LogP contribution in [0.25, 0.3) is 5.52 Å². The molecule has 2 aromatic heterocycles. The van der Waals surface area contributed by atoms with Crippen LogP contribution in [0.15, 0.2) is 72.9 Å². The Morgan fingerprint density at radius 3 is 2.39 bits per heavy atom. The summed E-state index contributed by atoms with van der Waals surface area (Å²) in [5.41, 5.74) is 9.84. The van der Waals surface area contributed by atoms with Crippen molar-refractivity contribution in [2.75, 3.05) is 17.7 Å². The number of pyridine rings is 1. The average Bonchev–Trinajstić information content (AvgIpc) is 3.07. The van der Waals surface area contributed by atoms with Crippen LogP contribution in [-0.2, 0) is 0 Å². The van der Waals surface area contributed by atoms with Gasteiger partial charge in [-0.3, -0.25) is 9.59 Å². The summed E-state index contributed by atoms with van der Waals surface area (Å²) in [4.78, 5) is 26.4. The smallest absolute Gasteiger partial charge is 0.259 e. The number of fused-ring (bicyclic) bond motifs is 1. The monoisotopic (exact) mass is 413 g/mol. The highest BCUT2D eigenvalue weighted by molar-refractivity contribution is 6.20. The van der Waals surface area contributed by atoms with E-state index in [0.717, 1.165) is 5.56 Å². The number of rotatable bonds is 6. The summed E-state index contributed by atoms with van der Waals surface area (Å²) in [5, 5.41) is 2.87. The third-order valence-corrected chi connectivity index (χ3v) is 5.06. The van der Waals surface area contributed by atoms with Crippen molar-refractivity contribution in [2.24, 2.45) is 0 Å². The van der Waals surface area contributed by atoms with Gasteiger partial charge in [0.2, 0.25) is 5.78 Å². The summed E-state index contributed by atoms with van der Waals surface area (Å²) >= 11 is 0. The van der Waals surface area contributed by atoms with Crippen molar-refractivity contribution in [3.8, 4) is 5.75 Å². The maximum absolute atomic E-state index is 13.3. The van der Waals surface area contributed by atoms with Crippen molar-refractivity contribution in [1.82, 2.24) is 4.40 Å². The Hall–Kier alpha value is -4.06. The number of nitrogens with one attached hydrogen (secondary N) is 1. The van der Waals surface area contributed by atoms with Gasteiger partial charge in [0.1, 0.15) is 11.4 Å². The van der Waals surface area contributed by atoms with Crippen molar-refractivity contribution in [3.05, 3.63) is 95.3 Å². The van der Waals surface area contributed by atoms with E-state index in [4.69, 9.17) is 10.5 Å². The van der Waals surface area contributed by atoms with Crippen LogP contribution < -0.4 is 15.8 Å². The maximum atomic E-state index is 13.3. The molecule has 6 heteroatoms. The van der Waals surface area contributed by atoms with Crippen LogP contribution in [-0.4, -0.2) is 22.7 Å². The number of aromatic nitrogens is 1. The molecule has 0 aliphatic rings. The van der Waals surface area contributed by atoms with Crippen molar-refractivity contribution in [1.29, 1.82) is 0 Å². The summed E-state index contributed by atoms with van der Waals surface area (Å²) in [6, 6.07) is 19.7. The van der Waals surface area contributed by atoms with Gasteiger partial charge in [-0.1, -0.05) is 23.8 Å². The van der Waals surface area contributed by atoms with Crippen molar-refractivity contribution >= 4 is 28.6 Å². The van der Waals surface area contributed by atoms with Gasteiger partial charge in [-0.05, 0) is 62.4 Å². The third-order valence-electron chi connectivity index (χ3n) is 5.06. The number of hydrogen-bond donors (Lipinski definition) is 2. The number of aryl methyl sites for hydroxylation is 1. The van der Waals surface area contributed by atoms with Gasteiger partial charge in [0.05, 0.1) is 23.4 Å². The second-order valence-electron chi connectivity index (χ2n) is 7.20. The normalized spacial score (nSPS) is 10.8. The molecule has 0 atom stereocenters. The minimum atomic E-state index is -0.365. The number of carbonyl (C=O) groups is 2. The van der Waals surface area contributed by atoms with E-state index in [1.165, 1.54) is 0 Å². The molecule has 0 aliphatic heterocycles. The molecule has 4 rings (SSSR count). The first-order chi connectivity index (χ1) is 15.0. The first-order valence-electron chi connectivity index (χ1n) is 10.0. The minimum Gasteiger partial charge on any atom is -0.494 e. The van der Waals surface area contributed by atoms with E-state index in [1.54, 1.807) is 47.0 Å². The zero-order chi connectivity index (χ0) is 22.0. The SMILES string of the molecule is CCOc1ccc(C(=O)c2c(N)c(C(=O)Nc3ccc(C)cc3)c3ccccn23)cc1. The molecule has 0 bridgehead atoms. The molecule has 0 saturated carbocycles. The number of nitrogens with two attached hydrogens (primary N) is 1. The molecule has 1 amide bonds. The summed E-state index contributed by atoms with van der Waals surface area (Å²) in [6.45, 7) is 4.42. The van der Waals surface area contributed by atoms with Crippen molar-refractivity contribution < 1.29 is 14.3 Å². The van der Waals surface area contributed by atoms with Crippen molar-refractivity contribution in [2.45, 2.75) is 13.8 Å². The summed E-state index contributed by atoms with van der Waals surface area (Å²) in [6.07, 6.45) is 1.73. The van der Waals surface area contributed by atoms with Crippen LogP contribution in [0.3, 0.4) is 0 Å². The number of ether oxygens (including phenoxy) is 1. The van der Waals surface area contributed by atoms with Crippen LogP contribution in [0, 0.1) is 6.92 Å². The van der Waals surface area contributed by atoms with Crippen molar-refractivity contribution in [3.63, 3.8) is 0 Å². The van der Waals surface area contributed by atoms with Gasteiger partial charge in [0, 0.05) is 17.4 Å². The van der Waals surface area contributed by atoms with Gasteiger partial charge in [0.15, 0.2) is 0 Å². The lowest BCUT2D eigenvalue weighted by Gasteiger charge is -2.06. The maximum Gasteiger partial charge on any atom is 0.259 e. The first-order valence-corrected chi connectivity index (χ1v) is 10.0. The summed E-state index contributed by atoms with van der Waals surface area (Å²) in [7, 11) is 0. The number of anilines is 2. The average molecular weight is 413 g/mol. The molecule has 4 aromatic rings. The molecule has 2 aromatic carbocycles. The zero-order valence-electron chi connectivity index (χ0n) is 17.4. The van der Waals surface area contributed by atoms with E-state index in [-0.39, 0.29) is 28.6 Å². The number of carbonyl (C=O) groups excluding carboxylic acids is 2. The Bertz CT molecular complexity index is 1260. The molecule has 31 heavy (non-hydrogen) atoms. The first kappa shape index (κ1) is 20.2. The predicted molar refractivity (Wildman–Crippen MR) is 122 cm³/mol. The minimum absolute atomic E-state index is 0.148. The van der Waals surface area contributed by atoms with Gasteiger partial charge in [-0.15, -0.1) is 0 Å². The van der Waals surface area contributed by atoms with Gasteiger partial charge in [-0.2, -0.15) is 0 Å². The highest BCUT2D eigenvalue weighted by atomic mass is 16.5. The highest BCUT2D eigenvalue weighted by Gasteiger charge is 2.26. The van der Waals surface area contributed by atoms with Crippen LogP contribution >= 0.6 is 0 Å². The van der Waals surface area contributed by atoms with Crippen LogP contribution in [0.1, 0.15) is 38.9 Å². The second-order valence-corrected chi connectivity index (χ2v) is 7.20. The number of amides is 1. The third kappa shape index (κ3) is 3.88. The molecule has 0 fully saturated rings. The topological polar surface area (TPSA) is 85.8 Å². The van der Waals surface area contributed by atoms with E-state index in [9.17, 15) is 9.59 Å². The Kier molecular flexibility index (Phi) is 5.45. The Morgan fingerprint density at radius 1 is 1.00 bits per heavy atom. The lowest BCUT2D eigenvalue weighted by atomic mass is 10.1. The second kappa shape index (κ2) is 8.36. The molecule has 0 saturated heterocycles. The standard InChI is InChI=1S/C25H23N3O3/c1-3-31-19-13-9-17(10-14-19)24(29)23-22(26)21(20-6-4-5-15-28(20)23)25(30)27-18-11-7-16(2)8-12-18/h4-15H,3,26H2,1-2H3,(H,27,30). The van der Waals surface area contributed by atoms with Crippen LogP contribution in [0.4, 0.5) is 11.4 Å². The number of hydrogen-bond acceptors (Lipinski definition) is 4. The lowest BCUT2D eigenvalue weighted by molar-refractivity contribution is 0.102. The number of benzene rings is 2. The predicted octanol–water partition coefficient (Wildman–Crippen LogP) is 4.71. The molecule has 3 N–H and O–H groups in total. The Labute approximate surface area is 180 Å². The van der Waals surface area contributed by atoms with Gasteiger partial charge >= 0.3 is 0 Å². The van der Waals surface area contributed by atoms with E-state index in [0.29, 0.717) is 29.1 Å². The molecule has 156 valence electrons. The molecular weight excluding hydrogens is 390 g/mol. The summed E-state index contributed by atoms with van der Waals surface area (Å²) in [5.74, 6) is 0.0529. The number of nitrogens with zero attached hydrogens (tertiary/aromatic N) is 1. The van der Waals surface area contributed by atoms with E-state index in [1.807, 2.05) is 44.2 Å². The van der Waals surface area contributed by atoms with E-state index in [2.05, 4.69) is 5.32 Å². The molecule has 0 spiro atoms. The van der Waals surface area contributed by atoms with Crippen LogP contribution in [0.2, 0.25) is 0 Å².